The summed E-state index contributed by atoms with van der Waals surface area (Å²) in [5.74, 6) is 0. The molecule has 2 aromatic rings. The third-order valence-electron chi connectivity index (χ3n) is 2.64. The fraction of sp³-hybridized carbons (Fsp3) is 0.0769. The molecule has 0 aliphatic carbocycles. The average molecular weight is 263 g/mol. The van der Waals surface area contributed by atoms with E-state index in [9.17, 15) is 10.1 Å². The van der Waals surface area contributed by atoms with Gasteiger partial charge in [-0.3, -0.25) is 10.1 Å². The van der Waals surface area contributed by atoms with Gasteiger partial charge in [-0.15, -0.1) is 0 Å². The fourth-order valence-electron chi connectivity index (χ4n) is 1.71. The first-order valence-corrected chi connectivity index (χ1v) is 5.73. The number of benzene rings is 2. The molecule has 0 unspecified atom stereocenters. The average Bonchev–Trinajstić information content (AvgIpc) is 2.38. The molecular formula is C13H11ClN2O2. The number of nitrogens with two attached hydrogens (primary N) is 1. The largest absolute Gasteiger partial charge is 0.326 e. The number of hydrogen-bond donors (Lipinski definition) is 1. The van der Waals surface area contributed by atoms with Crippen molar-refractivity contribution in [3.63, 3.8) is 0 Å². The highest BCUT2D eigenvalue weighted by atomic mass is 35.5. The number of rotatable bonds is 3. The van der Waals surface area contributed by atoms with E-state index in [2.05, 4.69) is 0 Å². The molecule has 5 heteroatoms. The number of hydrogen-bond acceptors (Lipinski definition) is 3. The van der Waals surface area contributed by atoms with Crippen LogP contribution in [-0.4, -0.2) is 4.92 Å². The molecule has 2 aromatic carbocycles. The van der Waals surface area contributed by atoms with Crippen LogP contribution in [0.3, 0.4) is 0 Å². The van der Waals surface area contributed by atoms with Crippen LogP contribution >= 0.6 is 11.6 Å². The molecule has 0 aliphatic heterocycles. The van der Waals surface area contributed by atoms with Crippen molar-refractivity contribution in [2.45, 2.75) is 6.54 Å². The predicted octanol–water partition coefficient (Wildman–Crippen LogP) is 3.37. The Morgan fingerprint density at radius 1 is 1.22 bits per heavy atom. The summed E-state index contributed by atoms with van der Waals surface area (Å²) in [5, 5.41) is 11.3. The van der Waals surface area contributed by atoms with Crippen molar-refractivity contribution in [3.05, 3.63) is 63.2 Å². The van der Waals surface area contributed by atoms with Gasteiger partial charge in [0.25, 0.3) is 5.69 Å². The molecule has 0 fully saturated rings. The van der Waals surface area contributed by atoms with E-state index in [4.69, 9.17) is 17.3 Å². The standard InChI is InChI=1S/C13H11ClN2O2/c14-13-6-9(8-15)4-5-12(13)10-2-1-3-11(7-10)16(17)18/h1-7H,8,15H2. The van der Waals surface area contributed by atoms with Crippen LogP contribution in [0.25, 0.3) is 11.1 Å². The zero-order valence-electron chi connectivity index (χ0n) is 9.47. The highest BCUT2D eigenvalue weighted by Gasteiger charge is 2.09. The SMILES string of the molecule is NCc1ccc(-c2cccc([N+](=O)[O-])c2)c(Cl)c1. The molecule has 0 heterocycles. The lowest BCUT2D eigenvalue weighted by atomic mass is 10.0. The summed E-state index contributed by atoms with van der Waals surface area (Å²) < 4.78 is 0. The summed E-state index contributed by atoms with van der Waals surface area (Å²) in [4.78, 5) is 10.3. The third kappa shape index (κ3) is 2.50. The number of halogens is 1. The van der Waals surface area contributed by atoms with Gasteiger partial charge in [-0.2, -0.15) is 0 Å². The van der Waals surface area contributed by atoms with Crippen molar-refractivity contribution in [1.29, 1.82) is 0 Å². The molecule has 0 saturated heterocycles. The molecule has 2 N–H and O–H groups in total. The second kappa shape index (κ2) is 5.16. The molecule has 92 valence electrons. The van der Waals surface area contributed by atoms with Crippen LogP contribution in [0.5, 0.6) is 0 Å². The Balaban J connectivity index is 2.48. The van der Waals surface area contributed by atoms with Crippen molar-refractivity contribution >= 4 is 17.3 Å². The summed E-state index contributed by atoms with van der Waals surface area (Å²) in [6.07, 6.45) is 0. The lowest BCUT2D eigenvalue weighted by molar-refractivity contribution is -0.384. The Morgan fingerprint density at radius 3 is 2.61 bits per heavy atom. The second-order valence-corrected chi connectivity index (χ2v) is 4.23. The van der Waals surface area contributed by atoms with Gasteiger partial charge < -0.3 is 5.73 Å². The van der Waals surface area contributed by atoms with Crippen molar-refractivity contribution in [1.82, 2.24) is 0 Å². The van der Waals surface area contributed by atoms with Crippen LogP contribution in [0, 0.1) is 10.1 Å². The van der Waals surface area contributed by atoms with Gasteiger partial charge in [0, 0.05) is 29.3 Å². The van der Waals surface area contributed by atoms with E-state index < -0.39 is 4.92 Å². The van der Waals surface area contributed by atoms with Gasteiger partial charge in [-0.25, -0.2) is 0 Å². The van der Waals surface area contributed by atoms with E-state index >= 15 is 0 Å². The van der Waals surface area contributed by atoms with Crippen LogP contribution < -0.4 is 5.73 Å². The van der Waals surface area contributed by atoms with E-state index in [1.807, 2.05) is 12.1 Å². The topological polar surface area (TPSA) is 69.2 Å². The molecule has 0 atom stereocenters. The monoisotopic (exact) mass is 262 g/mol. The molecule has 0 amide bonds. The lowest BCUT2D eigenvalue weighted by Gasteiger charge is -2.06. The first kappa shape index (κ1) is 12.5. The quantitative estimate of drug-likeness (QED) is 0.681. The normalized spacial score (nSPS) is 10.3. The Labute approximate surface area is 109 Å². The van der Waals surface area contributed by atoms with E-state index in [0.29, 0.717) is 11.6 Å². The minimum atomic E-state index is -0.425. The summed E-state index contributed by atoms with van der Waals surface area (Å²) >= 11 is 6.15. The molecule has 2 rings (SSSR count). The predicted molar refractivity (Wildman–Crippen MR) is 71.4 cm³/mol. The van der Waals surface area contributed by atoms with Crippen LogP contribution in [0.15, 0.2) is 42.5 Å². The van der Waals surface area contributed by atoms with E-state index in [-0.39, 0.29) is 5.69 Å². The lowest BCUT2D eigenvalue weighted by Crippen LogP contribution is -1.96. The first-order valence-electron chi connectivity index (χ1n) is 5.35. The van der Waals surface area contributed by atoms with E-state index in [0.717, 1.165) is 16.7 Å². The van der Waals surface area contributed by atoms with Gasteiger partial charge >= 0.3 is 0 Å². The van der Waals surface area contributed by atoms with Gasteiger partial charge in [-0.05, 0) is 17.2 Å². The maximum absolute atomic E-state index is 10.7. The highest BCUT2D eigenvalue weighted by molar-refractivity contribution is 6.33. The molecule has 18 heavy (non-hydrogen) atoms. The van der Waals surface area contributed by atoms with Crippen molar-refractivity contribution in [3.8, 4) is 11.1 Å². The maximum atomic E-state index is 10.7. The zero-order chi connectivity index (χ0) is 13.1. The summed E-state index contributed by atoms with van der Waals surface area (Å²) in [6.45, 7) is 0.412. The van der Waals surface area contributed by atoms with Crippen molar-refractivity contribution in [2.24, 2.45) is 5.73 Å². The number of nitro benzene ring substituents is 1. The third-order valence-corrected chi connectivity index (χ3v) is 2.95. The zero-order valence-corrected chi connectivity index (χ0v) is 10.2. The number of nitro groups is 1. The van der Waals surface area contributed by atoms with Crippen LogP contribution in [0.4, 0.5) is 5.69 Å². The fourth-order valence-corrected chi connectivity index (χ4v) is 2.02. The van der Waals surface area contributed by atoms with Crippen LogP contribution in [-0.2, 0) is 6.54 Å². The molecule has 0 spiro atoms. The number of nitrogens with zero attached hydrogens (tertiary/aromatic N) is 1. The van der Waals surface area contributed by atoms with E-state index in [1.165, 1.54) is 12.1 Å². The summed E-state index contributed by atoms with van der Waals surface area (Å²) in [6, 6.07) is 11.8. The minimum absolute atomic E-state index is 0.0477. The van der Waals surface area contributed by atoms with Crippen LogP contribution in [0.1, 0.15) is 5.56 Å². The molecule has 0 saturated carbocycles. The number of non-ortho nitro benzene ring substituents is 1. The first-order chi connectivity index (χ1) is 8.61. The maximum Gasteiger partial charge on any atom is 0.270 e. The molecule has 4 nitrogen and oxygen atoms in total. The van der Waals surface area contributed by atoms with Gasteiger partial charge in [0.05, 0.1) is 4.92 Å². The summed E-state index contributed by atoms with van der Waals surface area (Å²) in [5.41, 5.74) is 7.98. The summed E-state index contributed by atoms with van der Waals surface area (Å²) in [7, 11) is 0. The second-order valence-electron chi connectivity index (χ2n) is 3.83. The Hall–Kier alpha value is -1.91. The van der Waals surface area contributed by atoms with Gasteiger partial charge in [0.15, 0.2) is 0 Å². The molecule has 0 radical (unpaired) electrons. The Bertz CT molecular complexity index is 599. The molecule has 0 bridgehead atoms. The molecule has 0 aliphatic rings. The smallest absolute Gasteiger partial charge is 0.270 e. The van der Waals surface area contributed by atoms with E-state index in [1.54, 1.807) is 18.2 Å². The van der Waals surface area contributed by atoms with Crippen molar-refractivity contribution < 1.29 is 4.92 Å². The Morgan fingerprint density at radius 2 is 2.00 bits per heavy atom. The molecule has 0 aromatic heterocycles. The Kier molecular flexibility index (Phi) is 3.60. The van der Waals surface area contributed by atoms with Gasteiger partial charge in [-0.1, -0.05) is 35.9 Å². The van der Waals surface area contributed by atoms with Crippen molar-refractivity contribution in [2.75, 3.05) is 0 Å². The minimum Gasteiger partial charge on any atom is -0.326 e. The molecular weight excluding hydrogens is 252 g/mol. The van der Waals surface area contributed by atoms with Gasteiger partial charge in [0.1, 0.15) is 0 Å². The van der Waals surface area contributed by atoms with Crippen LogP contribution in [0.2, 0.25) is 5.02 Å². The highest BCUT2D eigenvalue weighted by Crippen LogP contribution is 2.30. The van der Waals surface area contributed by atoms with Gasteiger partial charge in [0.2, 0.25) is 0 Å².